The number of nitrogens with one attached hydrogen (secondary N) is 1. The Bertz CT molecular complexity index is 161. The number of rotatable bonds is 9. The quantitative estimate of drug-likeness (QED) is 0.278. The van der Waals surface area contributed by atoms with E-state index in [4.69, 9.17) is 9.47 Å². The van der Waals surface area contributed by atoms with Crippen LogP contribution in [0.15, 0.2) is 4.99 Å². The fourth-order valence-corrected chi connectivity index (χ4v) is 1.02. The van der Waals surface area contributed by atoms with E-state index < -0.39 is 0 Å². The van der Waals surface area contributed by atoms with E-state index in [0.717, 1.165) is 25.3 Å². The number of hydrogen-bond donors (Lipinski definition) is 1. The molecule has 0 spiro atoms. The van der Waals surface area contributed by atoms with E-state index in [1.165, 1.54) is 6.42 Å². The van der Waals surface area contributed by atoms with Crippen LogP contribution in [0.3, 0.4) is 0 Å². The lowest BCUT2D eigenvalue weighted by Gasteiger charge is -2.09. The molecule has 90 valence electrons. The summed E-state index contributed by atoms with van der Waals surface area (Å²) in [7, 11) is 0. The molecule has 4 nitrogen and oxygen atoms in total. The minimum atomic E-state index is 0.439. The largest absolute Gasteiger partial charge is 0.362 e. The third-order valence-corrected chi connectivity index (χ3v) is 1.90. The summed E-state index contributed by atoms with van der Waals surface area (Å²) in [4.78, 5) is 4.33. The van der Waals surface area contributed by atoms with Crippen LogP contribution in [0.4, 0.5) is 0 Å². The van der Waals surface area contributed by atoms with Gasteiger partial charge >= 0.3 is 0 Å². The number of hydrogen-bond acceptors (Lipinski definition) is 3. The molecule has 0 unspecified atom stereocenters. The minimum absolute atomic E-state index is 0.439. The number of amidine groups is 1. The molecule has 0 atom stereocenters. The maximum Gasteiger partial charge on any atom is 0.139 e. The van der Waals surface area contributed by atoms with Gasteiger partial charge < -0.3 is 14.8 Å². The van der Waals surface area contributed by atoms with Gasteiger partial charge in [-0.1, -0.05) is 13.3 Å². The molecular formula is C11H24N2O2. The zero-order valence-corrected chi connectivity index (χ0v) is 10.2. The Morgan fingerprint density at radius 3 is 2.47 bits per heavy atom. The van der Waals surface area contributed by atoms with Crippen LogP contribution in [0, 0.1) is 0 Å². The van der Waals surface area contributed by atoms with Gasteiger partial charge in [-0.05, 0) is 20.3 Å². The second kappa shape index (κ2) is 11.5. The Hall–Kier alpha value is -0.610. The third kappa shape index (κ3) is 9.69. The van der Waals surface area contributed by atoms with Gasteiger partial charge in [0, 0.05) is 19.6 Å². The molecule has 0 aliphatic heterocycles. The Morgan fingerprint density at radius 1 is 1.13 bits per heavy atom. The molecule has 0 fully saturated rings. The van der Waals surface area contributed by atoms with Crippen molar-refractivity contribution in [3.05, 3.63) is 0 Å². The first kappa shape index (κ1) is 14.4. The molecule has 0 radical (unpaired) electrons. The van der Waals surface area contributed by atoms with Crippen LogP contribution >= 0.6 is 0 Å². The Morgan fingerprint density at radius 2 is 1.87 bits per heavy atom. The monoisotopic (exact) mass is 216 g/mol. The van der Waals surface area contributed by atoms with Crippen molar-refractivity contribution in [3.8, 4) is 0 Å². The maximum absolute atomic E-state index is 5.22. The predicted octanol–water partition coefficient (Wildman–Crippen LogP) is 2.15. The van der Waals surface area contributed by atoms with Gasteiger partial charge in [0.1, 0.15) is 19.3 Å². The highest BCUT2D eigenvalue weighted by Gasteiger charge is 1.97. The molecule has 0 amide bonds. The van der Waals surface area contributed by atoms with Crippen molar-refractivity contribution in [2.24, 2.45) is 4.99 Å². The van der Waals surface area contributed by atoms with Gasteiger partial charge in [0.25, 0.3) is 0 Å². The maximum atomic E-state index is 5.22. The third-order valence-electron chi connectivity index (χ3n) is 1.90. The Labute approximate surface area is 93.1 Å². The number of unbranched alkanes of at least 4 members (excludes halogenated alkanes) is 1. The van der Waals surface area contributed by atoms with E-state index in [2.05, 4.69) is 17.2 Å². The highest BCUT2D eigenvalue weighted by Crippen LogP contribution is 1.95. The fourth-order valence-electron chi connectivity index (χ4n) is 1.02. The van der Waals surface area contributed by atoms with Crippen LogP contribution in [0.25, 0.3) is 0 Å². The Balaban J connectivity index is 3.76. The van der Waals surface area contributed by atoms with Gasteiger partial charge in [0.15, 0.2) is 0 Å². The van der Waals surface area contributed by atoms with Crippen molar-refractivity contribution < 1.29 is 9.47 Å². The molecule has 0 aliphatic carbocycles. The number of aliphatic imine (C=N–C) groups is 1. The van der Waals surface area contributed by atoms with E-state index in [0.29, 0.717) is 20.1 Å². The van der Waals surface area contributed by atoms with Crippen LogP contribution in [0.5, 0.6) is 0 Å². The molecule has 0 bridgehead atoms. The average Bonchev–Trinajstić information content (AvgIpc) is 2.25. The van der Waals surface area contributed by atoms with Crippen LogP contribution in [-0.2, 0) is 9.47 Å². The summed E-state index contributed by atoms with van der Waals surface area (Å²) in [6.07, 6.45) is 3.28. The SMILES string of the molecule is CCCCC(=NCOCC)NCOCC. The molecule has 0 aromatic heterocycles. The van der Waals surface area contributed by atoms with E-state index >= 15 is 0 Å². The molecule has 15 heavy (non-hydrogen) atoms. The summed E-state index contributed by atoms with van der Waals surface area (Å²) in [5, 5.41) is 3.16. The lowest BCUT2D eigenvalue weighted by Crippen LogP contribution is -2.26. The molecule has 0 aliphatic rings. The molecule has 0 saturated carbocycles. The summed E-state index contributed by atoms with van der Waals surface area (Å²) in [6, 6.07) is 0. The highest BCUT2D eigenvalue weighted by molar-refractivity contribution is 5.81. The van der Waals surface area contributed by atoms with Gasteiger partial charge in [-0.15, -0.1) is 0 Å². The first-order valence-electron chi connectivity index (χ1n) is 5.77. The lowest BCUT2D eigenvalue weighted by molar-refractivity contribution is 0.139. The van der Waals surface area contributed by atoms with Crippen molar-refractivity contribution >= 4 is 5.84 Å². The van der Waals surface area contributed by atoms with Crippen molar-refractivity contribution in [2.45, 2.75) is 40.0 Å². The van der Waals surface area contributed by atoms with Crippen molar-refractivity contribution in [3.63, 3.8) is 0 Å². The average molecular weight is 216 g/mol. The molecule has 0 heterocycles. The standard InChI is InChI=1S/C11H24N2O2/c1-4-7-8-11(12-9-14-5-2)13-10-15-6-3/h4-10H2,1-3H3,(H,12,13). The zero-order valence-electron chi connectivity index (χ0n) is 10.2. The molecule has 0 aromatic carbocycles. The first-order chi connectivity index (χ1) is 7.35. The van der Waals surface area contributed by atoms with Crippen LogP contribution in [0.1, 0.15) is 40.0 Å². The summed E-state index contributed by atoms with van der Waals surface area (Å²) in [5.41, 5.74) is 0. The summed E-state index contributed by atoms with van der Waals surface area (Å²) in [6.45, 7) is 8.51. The molecule has 0 saturated heterocycles. The first-order valence-corrected chi connectivity index (χ1v) is 5.77. The summed E-state index contributed by atoms with van der Waals surface area (Å²) >= 11 is 0. The zero-order chi connectivity index (χ0) is 11.4. The summed E-state index contributed by atoms with van der Waals surface area (Å²) < 4.78 is 10.4. The molecule has 0 aromatic rings. The second-order valence-corrected chi connectivity index (χ2v) is 3.14. The lowest BCUT2D eigenvalue weighted by atomic mass is 10.2. The fraction of sp³-hybridized carbons (Fsp3) is 0.909. The van der Waals surface area contributed by atoms with E-state index in [9.17, 15) is 0 Å². The highest BCUT2D eigenvalue weighted by atomic mass is 16.5. The number of ether oxygens (including phenoxy) is 2. The minimum Gasteiger partial charge on any atom is -0.362 e. The second-order valence-electron chi connectivity index (χ2n) is 3.14. The van der Waals surface area contributed by atoms with Crippen LogP contribution < -0.4 is 5.32 Å². The Kier molecular flexibility index (Phi) is 11.0. The van der Waals surface area contributed by atoms with E-state index in [-0.39, 0.29) is 0 Å². The summed E-state index contributed by atoms with van der Waals surface area (Å²) in [5.74, 6) is 0.985. The van der Waals surface area contributed by atoms with Crippen molar-refractivity contribution in [1.29, 1.82) is 0 Å². The van der Waals surface area contributed by atoms with E-state index in [1.54, 1.807) is 0 Å². The van der Waals surface area contributed by atoms with Gasteiger partial charge in [-0.3, -0.25) is 0 Å². The van der Waals surface area contributed by atoms with Crippen LogP contribution in [0.2, 0.25) is 0 Å². The van der Waals surface area contributed by atoms with Crippen LogP contribution in [-0.4, -0.2) is 32.5 Å². The smallest absolute Gasteiger partial charge is 0.139 e. The predicted molar refractivity (Wildman–Crippen MR) is 63.1 cm³/mol. The van der Waals surface area contributed by atoms with Gasteiger partial charge in [-0.25, -0.2) is 4.99 Å². The molecule has 4 heteroatoms. The normalized spacial score (nSPS) is 11.8. The number of nitrogens with zero attached hydrogens (tertiary/aromatic N) is 1. The van der Waals surface area contributed by atoms with Gasteiger partial charge in [0.2, 0.25) is 0 Å². The van der Waals surface area contributed by atoms with Gasteiger partial charge in [0.05, 0.1) is 0 Å². The van der Waals surface area contributed by atoms with E-state index in [1.807, 2.05) is 13.8 Å². The molecule has 0 rings (SSSR count). The van der Waals surface area contributed by atoms with Crippen molar-refractivity contribution in [1.82, 2.24) is 5.32 Å². The van der Waals surface area contributed by atoms with Gasteiger partial charge in [-0.2, -0.15) is 0 Å². The molecule has 1 N–H and O–H groups in total. The topological polar surface area (TPSA) is 42.8 Å². The molecular weight excluding hydrogens is 192 g/mol. The van der Waals surface area contributed by atoms with Crippen molar-refractivity contribution in [2.75, 3.05) is 26.7 Å².